The molecule has 58 valence electrons. The molecule has 2 nitrogen and oxygen atoms in total. The van der Waals surface area contributed by atoms with E-state index in [-0.39, 0.29) is 11.5 Å². The first-order valence-electron chi connectivity index (χ1n) is 3.75. The van der Waals surface area contributed by atoms with Gasteiger partial charge in [-0.3, -0.25) is 0 Å². The van der Waals surface area contributed by atoms with Crippen LogP contribution in [0.15, 0.2) is 18.2 Å². The van der Waals surface area contributed by atoms with Crippen molar-refractivity contribution in [2.24, 2.45) is 0 Å². The van der Waals surface area contributed by atoms with E-state index in [4.69, 9.17) is 10.2 Å². The van der Waals surface area contributed by atoms with E-state index in [1.54, 1.807) is 6.07 Å². The van der Waals surface area contributed by atoms with Crippen LogP contribution >= 0.6 is 0 Å². The van der Waals surface area contributed by atoms with E-state index in [0.717, 1.165) is 19.1 Å². The molecular weight excluding hydrogens is 139 g/mol. The van der Waals surface area contributed by atoms with Crippen LogP contribution < -0.4 is 5.46 Å². The lowest BCUT2D eigenvalue weighted by molar-refractivity contribution is 0.404. The van der Waals surface area contributed by atoms with Crippen LogP contribution in [0.5, 0.6) is 11.5 Å². The average molecular weight is 150 g/mol. The van der Waals surface area contributed by atoms with Crippen molar-refractivity contribution in [3.8, 4) is 11.5 Å². The number of phenolic OH excluding ortho intramolecular Hbond substituents is 2. The molecule has 0 saturated heterocycles. The number of hydrogen-bond acceptors (Lipinski definition) is 2. The molecule has 0 aliphatic heterocycles. The second-order valence-electron chi connectivity index (χ2n) is 2.57. The first-order chi connectivity index (χ1) is 5.24. The summed E-state index contributed by atoms with van der Waals surface area (Å²) in [5.41, 5.74) is 1.06. The molecule has 0 unspecified atom stereocenters. The van der Waals surface area contributed by atoms with E-state index < -0.39 is 0 Å². The minimum Gasteiger partial charge on any atom is -0.504 e. The van der Waals surface area contributed by atoms with Gasteiger partial charge < -0.3 is 10.2 Å². The molecule has 2 N–H and O–H groups in total. The third-order valence-corrected chi connectivity index (χ3v) is 1.58. The first-order valence-corrected chi connectivity index (χ1v) is 3.75. The Morgan fingerprint density at radius 2 is 2.00 bits per heavy atom. The van der Waals surface area contributed by atoms with Crippen molar-refractivity contribution in [3.05, 3.63) is 18.2 Å². The summed E-state index contributed by atoms with van der Waals surface area (Å²) < 4.78 is 0. The monoisotopic (exact) mass is 150 g/mol. The van der Waals surface area contributed by atoms with Crippen molar-refractivity contribution in [3.63, 3.8) is 0 Å². The zero-order chi connectivity index (χ0) is 8.27. The molecule has 0 atom stereocenters. The van der Waals surface area contributed by atoms with Crippen LogP contribution in [0.4, 0.5) is 0 Å². The molecule has 1 aromatic carbocycles. The van der Waals surface area contributed by atoms with Crippen LogP contribution in [0.2, 0.25) is 6.32 Å². The molecule has 0 saturated carbocycles. The van der Waals surface area contributed by atoms with E-state index in [0.29, 0.717) is 0 Å². The summed E-state index contributed by atoms with van der Waals surface area (Å²) in [7, 11) is 0.938. The van der Waals surface area contributed by atoms with Gasteiger partial charge in [-0.25, -0.2) is 0 Å². The predicted octanol–water partition coefficient (Wildman–Crippen LogP) is 0.598. The van der Waals surface area contributed by atoms with Crippen molar-refractivity contribution in [2.45, 2.75) is 13.2 Å². The molecule has 0 bridgehead atoms. The number of benzene rings is 1. The second-order valence-corrected chi connectivity index (χ2v) is 2.57. The summed E-state index contributed by atoms with van der Waals surface area (Å²) >= 11 is 0. The van der Waals surface area contributed by atoms with Crippen molar-refractivity contribution in [1.29, 1.82) is 0 Å². The fraction of sp³-hybridized carbons (Fsp3) is 0.250. The Morgan fingerprint density at radius 1 is 1.27 bits per heavy atom. The lowest BCUT2D eigenvalue weighted by atomic mass is 9.68. The third kappa shape index (κ3) is 1.90. The fourth-order valence-electron chi connectivity index (χ4n) is 1.01. The fourth-order valence-corrected chi connectivity index (χ4v) is 1.01. The lowest BCUT2D eigenvalue weighted by Gasteiger charge is -1.99. The highest BCUT2D eigenvalue weighted by molar-refractivity contribution is 6.53. The molecule has 11 heavy (non-hydrogen) atoms. The second kappa shape index (κ2) is 3.33. The van der Waals surface area contributed by atoms with Gasteiger partial charge in [0.1, 0.15) is 0 Å². The molecule has 3 heteroatoms. The van der Waals surface area contributed by atoms with E-state index in [1.807, 2.05) is 6.07 Å². The number of phenols is 2. The van der Waals surface area contributed by atoms with Crippen LogP contribution in [0.1, 0.15) is 6.92 Å². The normalized spacial score (nSPS) is 9.55. The molecule has 0 aliphatic rings. The molecule has 0 radical (unpaired) electrons. The summed E-state index contributed by atoms with van der Waals surface area (Å²) in [6.45, 7) is 2.07. The molecule has 0 spiro atoms. The third-order valence-electron chi connectivity index (χ3n) is 1.58. The van der Waals surface area contributed by atoms with Crippen LogP contribution in [-0.4, -0.2) is 17.5 Å². The summed E-state index contributed by atoms with van der Waals surface area (Å²) in [6, 6.07) is 4.93. The molecule has 0 fully saturated rings. The minimum atomic E-state index is -0.0511. The van der Waals surface area contributed by atoms with Crippen molar-refractivity contribution in [1.82, 2.24) is 0 Å². The summed E-state index contributed by atoms with van der Waals surface area (Å²) in [5.74, 6) is -0.0826. The maximum atomic E-state index is 9.08. The van der Waals surface area contributed by atoms with E-state index in [1.165, 1.54) is 6.07 Å². The van der Waals surface area contributed by atoms with Gasteiger partial charge in [-0.05, 0) is 12.1 Å². The highest BCUT2D eigenvalue weighted by Gasteiger charge is 1.99. The van der Waals surface area contributed by atoms with Gasteiger partial charge in [-0.15, -0.1) is 0 Å². The maximum absolute atomic E-state index is 9.08. The Labute approximate surface area is 66.7 Å². The zero-order valence-corrected chi connectivity index (χ0v) is 6.54. The molecule has 0 aliphatic carbocycles. The topological polar surface area (TPSA) is 40.5 Å². The van der Waals surface area contributed by atoms with Gasteiger partial charge >= 0.3 is 0 Å². The van der Waals surface area contributed by atoms with Gasteiger partial charge in [0.25, 0.3) is 0 Å². The highest BCUT2D eigenvalue weighted by atomic mass is 16.3. The number of aromatic hydroxyl groups is 2. The molecular formula is C8H11BO2. The standard InChI is InChI=1S/C8H11BO2/c1-2-9-6-3-4-7(10)8(11)5-6/h3-5,9-11H,2H2,1H3. The van der Waals surface area contributed by atoms with Crippen LogP contribution in [-0.2, 0) is 0 Å². The predicted molar refractivity (Wildman–Crippen MR) is 47.0 cm³/mol. The summed E-state index contributed by atoms with van der Waals surface area (Å²) in [4.78, 5) is 0. The van der Waals surface area contributed by atoms with E-state index in [9.17, 15) is 0 Å². The number of hydrogen-bond donors (Lipinski definition) is 2. The van der Waals surface area contributed by atoms with Gasteiger partial charge in [0.05, 0.1) is 0 Å². The van der Waals surface area contributed by atoms with Crippen molar-refractivity contribution in [2.75, 3.05) is 0 Å². The largest absolute Gasteiger partial charge is 0.504 e. The molecule has 0 heterocycles. The van der Waals surface area contributed by atoms with Crippen LogP contribution in [0.25, 0.3) is 0 Å². The molecule has 1 rings (SSSR count). The SMILES string of the molecule is CCBc1ccc(O)c(O)c1. The van der Waals surface area contributed by atoms with Crippen LogP contribution in [0.3, 0.4) is 0 Å². The smallest absolute Gasteiger partial charge is 0.157 e. The Kier molecular flexibility index (Phi) is 2.42. The van der Waals surface area contributed by atoms with Gasteiger partial charge in [0.2, 0.25) is 0 Å². The van der Waals surface area contributed by atoms with Crippen molar-refractivity contribution < 1.29 is 10.2 Å². The Hall–Kier alpha value is -1.12. The van der Waals surface area contributed by atoms with Crippen LogP contribution in [0, 0.1) is 0 Å². The van der Waals surface area contributed by atoms with Gasteiger partial charge in [0.15, 0.2) is 18.8 Å². The Bertz CT molecular complexity index is 248. The lowest BCUT2D eigenvalue weighted by Crippen LogP contribution is -2.11. The molecule has 1 aromatic rings. The Morgan fingerprint density at radius 3 is 2.55 bits per heavy atom. The zero-order valence-electron chi connectivity index (χ0n) is 6.54. The summed E-state index contributed by atoms with van der Waals surface area (Å²) in [6.07, 6.45) is 1.05. The minimum absolute atomic E-state index is 0.0315. The molecule has 0 amide bonds. The highest BCUT2D eigenvalue weighted by Crippen LogP contribution is 2.20. The maximum Gasteiger partial charge on any atom is 0.157 e. The Balaban J connectivity index is 2.86. The van der Waals surface area contributed by atoms with E-state index in [2.05, 4.69) is 6.92 Å². The quantitative estimate of drug-likeness (QED) is 0.478. The summed E-state index contributed by atoms with van der Waals surface area (Å²) in [5, 5.41) is 18.0. The van der Waals surface area contributed by atoms with E-state index >= 15 is 0 Å². The van der Waals surface area contributed by atoms with Crippen molar-refractivity contribution >= 4 is 12.7 Å². The first kappa shape index (κ1) is 7.99. The number of rotatable bonds is 2. The van der Waals surface area contributed by atoms with Gasteiger partial charge in [-0.2, -0.15) is 0 Å². The molecule has 0 aromatic heterocycles. The average Bonchev–Trinajstić information content (AvgIpc) is 1.98. The van der Waals surface area contributed by atoms with Gasteiger partial charge in [-0.1, -0.05) is 24.8 Å². The van der Waals surface area contributed by atoms with Gasteiger partial charge in [0, 0.05) is 0 Å².